The zero-order valence-corrected chi connectivity index (χ0v) is 10.8. The maximum Gasteiger partial charge on any atom is 0.340 e. The Bertz CT molecular complexity index is 538. The summed E-state index contributed by atoms with van der Waals surface area (Å²) in [5.74, 6) is -0.641. The smallest absolute Gasteiger partial charge is 0.340 e. The fourth-order valence-corrected chi connectivity index (χ4v) is 1.52. The third kappa shape index (κ3) is 2.89. The minimum atomic E-state index is -0.641. The van der Waals surface area contributed by atoms with Gasteiger partial charge in [-0.2, -0.15) is 5.10 Å². The molecule has 0 radical (unpaired) electrons. The van der Waals surface area contributed by atoms with Crippen molar-refractivity contribution in [3.8, 4) is 0 Å². The number of hydrogen-bond donors (Lipinski definition) is 0. The number of ether oxygens (including phenoxy) is 1. The predicted molar refractivity (Wildman–Crippen MR) is 66.4 cm³/mol. The number of hydrogen-bond acceptors (Lipinski definition) is 4. The molecule has 1 rings (SSSR count). The molecule has 0 aliphatic heterocycles. The highest BCUT2D eigenvalue weighted by Crippen LogP contribution is 2.17. The third-order valence-corrected chi connectivity index (χ3v) is 2.48. The molecule has 0 spiro atoms. The lowest BCUT2D eigenvalue weighted by molar-refractivity contribution is -0.138. The molecule has 0 fully saturated rings. The monoisotopic (exact) mass is 249 g/mol. The van der Waals surface area contributed by atoms with Crippen LogP contribution in [0.5, 0.6) is 0 Å². The Morgan fingerprint density at radius 3 is 2.72 bits per heavy atom. The summed E-state index contributed by atoms with van der Waals surface area (Å²) in [5.41, 5.74) is 10.8. The topological polar surface area (TPSA) is 92.9 Å². The van der Waals surface area contributed by atoms with Gasteiger partial charge in [0.15, 0.2) is 0 Å². The molecular weight excluding hydrogens is 234 g/mol. The molecule has 1 aromatic rings. The standard InChI is InChI=1S/C11H15N5O2/c1-5-18-11(17)10(13-15-12)6-9-7(2)14-16(4)8(9)3/h6H,5H2,1-4H3/b10-6-. The van der Waals surface area contributed by atoms with Crippen molar-refractivity contribution in [2.24, 2.45) is 12.2 Å². The Labute approximate surface area is 105 Å². The zero-order valence-electron chi connectivity index (χ0n) is 10.8. The molecular formula is C11H15N5O2. The van der Waals surface area contributed by atoms with Gasteiger partial charge < -0.3 is 4.74 Å². The highest BCUT2D eigenvalue weighted by Gasteiger charge is 2.13. The van der Waals surface area contributed by atoms with Gasteiger partial charge in [0.2, 0.25) is 0 Å². The maximum absolute atomic E-state index is 11.6. The lowest BCUT2D eigenvalue weighted by Crippen LogP contribution is -2.05. The molecule has 1 heterocycles. The van der Waals surface area contributed by atoms with Gasteiger partial charge in [-0.3, -0.25) is 4.68 Å². The van der Waals surface area contributed by atoms with Gasteiger partial charge in [0, 0.05) is 23.2 Å². The maximum atomic E-state index is 11.6. The lowest BCUT2D eigenvalue weighted by Gasteiger charge is -2.01. The molecule has 0 bridgehead atoms. The van der Waals surface area contributed by atoms with Crippen molar-refractivity contribution in [2.75, 3.05) is 6.61 Å². The largest absolute Gasteiger partial charge is 0.462 e. The molecule has 0 unspecified atom stereocenters. The van der Waals surface area contributed by atoms with Gasteiger partial charge in [0.1, 0.15) is 5.70 Å². The molecule has 96 valence electrons. The van der Waals surface area contributed by atoms with E-state index in [2.05, 4.69) is 15.1 Å². The number of aromatic nitrogens is 2. The Kier molecular flexibility index (Phi) is 4.51. The van der Waals surface area contributed by atoms with E-state index >= 15 is 0 Å². The minimum Gasteiger partial charge on any atom is -0.462 e. The van der Waals surface area contributed by atoms with Crippen LogP contribution >= 0.6 is 0 Å². The summed E-state index contributed by atoms with van der Waals surface area (Å²) >= 11 is 0. The Balaban J connectivity index is 3.24. The molecule has 0 N–H and O–H groups in total. The molecule has 0 saturated carbocycles. The molecule has 0 aliphatic rings. The van der Waals surface area contributed by atoms with Crippen LogP contribution in [-0.4, -0.2) is 22.4 Å². The fraction of sp³-hybridized carbons (Fsp3) is 0.455. The Morgan fingerprint density at radius 1 is 1.61 bits per heavy atom. The van der Waals surface area contributed by atoms with Gasteiger partial charge in [-0.25, -0.2) is 4.79 Å². The lowest BCUT2D eigenvalue weighted by atomic mass is 10.1. The molecule has 0 aromatic carbocycles. The van der Waals surface area contributed by atoms with Gasteiger partial charge in [0.05, 0.1) is 12.3 Å². The van der Waals surface area contributed by atoms with E-state index in [-0.39, 0.29) is 12.3 Å². The summed E-state index contributed by atoms with van der Waals surface area (Å²) in [7, 11) is 1.80. The van der Waals surface area contributed by atoms with E-state index in [1.54, 1.807) is 18.7 Å². The number of rotatable bonds is 4. The first-order chi connectivity index (χ1) is 8.51. The Morgan fingerprint density at radius 2 is 2.28 bits per heavy atom. The molecule has 7 heteroatoms. The van der Waals surface area contributed by atoms with Crippen molar-refractivity contribution in [3.63, 3.8) is 0 Å². The second-order valence-corrected chi connectivity index (χ2v) is 3.65. The van der Waals surface area contributed by atoms with Crippen LogP contribution in [0.4, 0.5) is 0 Å². The van der Waals surface area contributed by atoms with E-state index in [9.17, 15) is 4.79 Å². The molecule has 0 atom stereocenters. The number of nitrogens with zero attached hydrogens (tertiary/aromatic N) is 5. The SMILES string of the molecule is CCOC(=O)/C(=C/c1c(C)nn(C)c1C)N=[N+]=[N-]. The Hall–Kier alpha value is -2.27. The van der Waals surface area contributed by atoms with Crippen molar-refractivity contribution in [2.45, 2.75) is 20.8 Å². The number of carbonyl (C=O) groups is 1. The van der Waals surface area contributed by atoms with Crippen LogP contribution in [-0.2, 0) is 16.6 Å². The summed E-state index contributed by atoms with van der Waals surface area (Å²) in [5, 5.41) is 7.57. The quantitative estimate of drug-likeness (QED) is 0.269. The molecule has 18 heavy (non-hydrogen) atoms. The van der Waals surface area contributed by atoms with Crippen LogP contribution in [0.1, 0.15) is 23.9 Å². The highest BCUT2D eigenvalue weighted by molar-refractivity contribution is 5.93. The van der Waals surface area contributed by atoms with Crippen molar-refractivity contribution < 1.29 is 9.53 Å². The van der Waals surface area contributed by atoms with E-state index in [0.29, 0.717) is 0 Å². The van der Waals surface area contributed by atoms with Gasteiger partial charge >= 0.3 is 5.97 Å². The van der Waals surface area contributed by atoms with Crippen molar-refractivity contribution >= 4 is 12.0 Å². The van der Waals surface area contributed by atoms with Gasteiger partial charge in [-0.1, -0.05) is 5.11 Å². The number of carbonyl (C=O) groups excluding carboxylic acids is 1. The molecule has 1 aromatic heterocycles. The zero-order chi connectivity index (χ0) is 13.7. The highest BCUT2D eigenvalue weighted by atomic mass is 16.5. The normalized spacial score (nSPS) is 11.0. The van der Waals surface area contributed by atoms with Gasteiger partial charge in [-0.05, 0) is 32.4 Å². The average Bonchev–Trinajstić information content (AvgIpc) is 2.55. The fourth-order valence-electron chi connectivity index (χ4n) is 1.52. The van der Waals surface area contributed by atoms with E-state index in [0.717, 1.165) is 17.0 Å². The first kappa shape index (κ1) is 13.8. The summed E-state index contributed by atoms with van der Waals surface area (Å²) < 4.78 is 6.51. The average molecular weight is 249 g/mol. The van der Waals surface area contributed by atoms with Crippen LogP contribution in [0.2, 0.25) is 0 Å². The van der Waals surface area contributed by atoms with Crippen molar-refractivity contribution in [1.82, 2.24) is 9.78 Å². The van der Waals surface area contributed by atoms with Crippen molar-refractivity contribution in [1.29, 1.82) is 0 Å². The molecule has 7 nitrogen and oxygen atoms in total. The van der Waals surface area contributed by atoms with Crippen LogP contribution in [0.25, 0.3) is 16.5 Å². The second kappa shape index (κ2) is 5.88. The van der Waals surface area contributed by atoms with Crippen molar-refractivity contribution in [3.05, 3.63) is 33.1 Å². The van der Waals surface area contributed by atoms with Gasteiger partial charge in [-0.15, -0.1) is 0 Å². The number of aryl methyl sites for hydroxylation is 2. The van der Waals surface area contributed by atoms with E-state index in [4.69, 9.17) is 10.3 Å². The predicted octanol–water partition coefficient (Wildman–Crippen LogP) is 2.25. The summed E-state index contributed by atoms with van der Waals surface area (Å²) in [6.07, 6.45) is 1.50. The van der Waals surface area contributed by atoms with Crippen LogP contribution in [0, 0.1) is 13.8 Å². The summed E-state index contributed by atoms with van der Waals surface area (Å²) in [6.45, 7) is 5.59. The molecule has 0 aliphatic carbocycles. The van der Waals surface area contributed by atoms with Gasteiger partial charge in [0.25, 0.3) is 0 Å². The second-order valence-electron chi connectivity index (χ2n) is 3.65. The van der Waals surface area contributed by atoms with Crippen LogP contribution < -0.4 is 0 Å². The van der Waals surface area contributed by atoms with E-state index in [1.165, 1.54) is 6.08 Å². The first-order valence-electron chi connectivity index (χ1n) is 5.45. The summed E-state index contributed by atoms with van der Waals surface area (Å²) in [6, 6.07) is 0. The summed E-state index contributed by atoms with van der Waals surface area (Å²) in [4.78, 5) is 14.2. The number of azide groups is 1. The first-order valence-corrected chi connectivity index (χ1v) is 5.45. The third-order valence-electron chi connectivity index (χ3n) is 2.48. The van der Waals surface area contributed by atoms with E-state index in [1.807, 2.05) is 13.8 Å². The molecule has 0 amide bonds. The van der Waals surface area contributed by atoms with E-state index < -0.39 is 5.97 Å². The minimum absolute atomic E-state index is 0.0708. The number of esters is 1. The van der Waals surface area contributed by atoms with Crippen LogP contribution in [0.3, 0.4) is 0 Å². The van der Waals surface area contributed by atoms with Crippen LogP contribution in [0.15, 0.2) is 10.8 Å². The molecule has 0 saturated heterocycles.